The molecule has 148 valence electrons. The Balaban J connectivity index is 0.00000338. The van der Waals surface area contributed by atoms with E-state index in [1.807, 2.05) is 7.05 Å². The van der Waals surface area contributed by atoms with Crippen LogP contribution in [0, 0.1) is 0 Å². The van der Waals surface area contributed by atoms with Crippen LogP contribution in [-0.2, 0) is 17.7 Å². The van der Waals surface area contributed by atoms with Crippen LogP contribution in [0.3, 0.4) is 0 Å². The van der Waals surface area contributed by atoms with Crippen LogP contribution in [0.25, 0.3) is 0 Å². The SMILES string of the molecule is CCc1ccc(CN(C)C(=NC)NCC2(N(C)C)CCOCC2)cc1.I. The molecule has 1 N–H and O–H groups in total. The number of hydrogen-bond acceptors (Lipinski definition) is 3. The van der Waals surface area contributed by atoms with E-state index >= 15 is 0 Å². The maximum Gasteiger partial charge on any atom is 0.193 e. The number of aryl methyl sites for hydroxylation is 1. The van der Waals surface area contributed by atoms with Gasteiger partial charge in [-0.25, -0.2) is 0 Å². The van der Waals surface area contributed by atoms with Crippen molar-refractivity contribution in [3.8, 4) is 0 Å². The fraction of sp³-hybridized carbons (Fsp3) is 0.650. The van der Waals surface area contributed by atoms with Crippen LogP contribution >= 0.6 is 24.0 Å². The number of benzene rings is 1. The Morgan fingerprint density at radius 3 is 2.19 bits per heavy atom. The van der Waals surface area contributed by atoms with E-state index in [0.717, 1.165) is 51.5 Å². The molecule has 0 unspecified atom stereocenters. The van der Waals surface area contributed by atoms with E-state index in [2.05, 4.69) is 72.4 Å². The zero-order valence-corrected chi connectivity index (χ0v) is 19.2. The highest BCUT2D eigenvalue weighted by Crippen LogP contribution is 2.25. The Labute approximate surface area is 176 Å². The molecule has 0 saturated carbocycles. The number of halogens is 1. The lowest BCUT2D eigenvalue weighted by molar-refractivity contribution is -0.00522. The molecule has 1 aromatic carbocycles. The number of likely N-dealkylation sites (N-methyl/N-ethyl adjacent to an activating group) is 1. The second-order valence-electron chi connectivity index (χ2n) is 7.16. The van der Waals surface area contributed by atoms with E-state index < -0.39 is 0 Å². The van der Waals surface area contributed by atoms with Crippen LogP contribution in [-0.4, -0.2) is 69.2 Å². The third-order valence-corrected chi connectivity index (χ3v) is 5.37. The van der Waals surface area contributed by atoms with Crippen molar-refractivity contribution in [1.82, 2.24) is 15.1 Å². The van der Waals surface area contributed by atoms with Crippen molar-refractivity contribution < 1.29 is 4.74 Å². The second-order valence-corrected chi connectivity index (χ2v) is 7.16. The molecule has 0 radical (unpaired) electrons. The first-order chi connectivity index (χ1) is 12.0. The summed E-state index contributed by atoms with van der Waals surface area (Å²) in [4.78, 5) is 8.99. The number of ether oxygens (including phenoxy) is 1. The number of aliphatic imine (C=N–C) groups is 1. The molecule has 2 rings (SSSR count). The van der Waals surface area contributed by atoms with Gasteiger partial charge in [0.15, 0.2) is 5.96 Å². The van der Waals surface area contributed by atoms with Crippen molar-refractivity contribution in [3.05, 3.63) is 35.4 Å². The summed E-state index contributed by atoms with van der Waals surface area (Å²) in [5.74, 6) is 0.937. The van der Waals surface area contributed by atoms with Crippen molar-refractivity contribution >= 4 is 29.9 Å². The van der Waals surface area contributed by atoms with Gasteiger partial charge >= 0.3 is 0 Å². The van der Waals surface area contributed by atoms with Gasteiger partial charge in [0.05, 0.1) is 0 Å². The molecule has 1 aliphatic rings. The van der Waals surface area contributed by atoms with Gasteiger partial charge in [0.25, 0.3) is 0 Å². The van der Waals surface area contributed by atoms with E-state index in [0.29, 0.717) is 0 Å². The lowest BCUT2D eigenvalue weighted by Gasteiger charge is -2.43. The predicted octanol–water partition coefficient (Wildman–Crippen LogP) is 2.99. The number of nitrogens with zero attached hydrogens (tertiary/aromatic N) is 3. The molecule has 1 heterocycles. The van der Waals surface area contributed by atoms with Gasteiger partial charge in [-0.2, -0.15) is 0 Å². The molecule has 0 spiro atoms. The van der Waals surface area contributed by atoms with Crippen LogP contribution in [0.4, 0.5) is 0 Å². The molecule has 0 bridgehead atoms. The first kappa shape index (κ1) is 23.2. The highest BCUT2D eigenvalue weighted by Gasteiger charge is 2.35. The number of nitrogens with one attached hydrogen (secondary N) is 1. The van der Waals surface area contributed by atoms with E-state index in [9.17, 15) is 0 Å². The van der Waals surface area contributed by atoms with Gasteiger partial charge in [-0.15, -0.1) is 24.0 Å². The number of hydrogen-bond donors (Lipinski definition) is 1. The van der Waals surface area contributed by atoms with Crippen LogP contribution in [0.2, 0.25) is 0 Å². The van der Waals surface area contributed by atoms with E-state index in [1.54, 1.807) is 0 Å². The van der Waals surface area contributed by atoms with Crippen molar-refractivity contribution in [2.24, 2.45) is 4.99 Å². The van der Waals surface area contributed by atoms with E-state index in [1.165, 1.54) is 11.1 Å². The molecular weight excluding hydrogens is 439 g/mol. The molecule has 0 aliphatic carbocycles. The maximum absolute atomic E-state index is 5.56. The van der Waals surface area contributed by atoms with Crippen LogP contribution in [0.15, 0.2) is 29.3 Å². The molecule has 1 saturated heterocycles. The first-order valence-electron chi connectivity index (χ1n) is 9.25. The molecule has 1 fully saturated rings. The standard InChI is InChI=1S/C20H34N4O.HI/c1-6-17-7-9-18(10-8-17)15-24(5)19(21-2)22-16-20(23(3)4)11-13-25-14-12-20;/h7-10H,6,11-16H2,1-5H3,(H,21,22);1H. The largest absolute Gasteiger partial charge is 0.381 e. The fourth-order valence-corrected chi connectivity index (χ4v) is 3.39. The van der Waals surface area contributed by atoms with Gasteiger partial charge in [-0.3, -0.25) is 4.99 Å². The highest BCUT2D eigenvalue weighted by atomic mass is 127. The van der Waals surface area contributed by atoms with Crippen molar-refractivity contribution in [2.45, 2.75) is 38.3 Å². The topological polar surface area (TPSA) is 40.1 Å². The lowest BCUT2D eigenvalue weighted by Crippen LogP contribution is -2.57. The summed E-state index contributed by atoms with van der Waals surface area (Å²) in [6.45, 7) is 5.58. The van der Waals surface area contributed by atoms with Gasteiger partial charge < -0.3 is 19.9 Å². The summed E-state index contributed by atoms with van der Waals surface area (Å²) in [5, 5.41) is 3.58. The summed E-state index contributed by atoms with van der Waals surface area (Å²) in [6, 6.07) is 8.84. The smallest absolute Gasteiger partial charge is 0.193 e. The second kappa shape index (κ2) is 11.1. The van der Waals surface area contributed by atoms with E-state index in [4.69, 9.17) is 4.74 Å². The van der Waals surface area contributed by atoms with Crippen molar-refractivity contribution in [1.29, 1.82) is 0 Å². The van der Waals surface area contributed by atoms with E-state index in [-0.39, 0.29) is 29.5 Å². The minimum absolute atomic E-state index is 0. The normalized spacial score (nSPS) is 16.9. The zero-order chi connectivity index (χ0) is 18.3. The summed E-state index contributed by atoms with van der Waals surface area (Å²) in [6.07, 6.45) is 3.17. The van der Waals surface area contributed by atoms with Gasteiger partial charge in [-0.05, 0) is 44.5 Å². The average molecular weight is 474 g/mol. The Hall–Kier alpha value is -0.860. The third kappa shape index (κ3) is 6.09. The third-order valence-electron chi connectivity index (χ3n) is 5.37. The summed E-state index contributed by atoms with van der Waals surface area (Å²) >= 11 is 0. The molecule has 26 heavy (non-hydrogen) atoms. The van der Waals surface area contributed by atoms with Crippen LogP contribution < -0.4 is 5.32 Å². The van der Waals surface area contributed by atoms with Gasteiger partial charge in [0, 0.05) is 45.9 Å². The Morgan fingerprint density at radius 2 is 1.69 bits per heavy atom. The Bertz CT molecular complexity index is 553. The first-order valence-corrected chi connectivity index (χ1v) is 9.25. The molecular formula is C20H35IN4O. The summed E-state index contributed by atoms with van der Waals surface area (Å²) < 4.78 is 5.56. The van der Waals surface area contributed by atoms with Crippen molar-refractivity contribution in [2.75, 3.05) is 47.9 Å². The lowest BCUT2D eigenvalue weighted by atomic mass is 9.88. The van der Waals surface area contributed by atoms with Crippen LogP contribution in [0.1, 0.15) is 30.9 Å². The highest BCUT2D eigenvalue weighted by molar-refractivity contribution is 14.0. The monoisotopic (exact) mass is 474 g/mol. The molecule has 1 aromatic rings. The Kier molecular flexibility index (Phi) is 9.89. The molecule has 0 atom stereocenters. The minimum Gasteiger partial charge on any atom is -0.381 e. The van der Waals surface area contributed by atoms with Gasteiger partial charge in [0.1, 0.15) is 0 Å². The Morgan fingerprint density at radius 1 is 1.12 bits per heavy atom. The van der Waals surface area contributed by atoms with Gasteiger partial charge in [-0.1, -0.05) is 31.2 Å². The zero-order valence-electron chi connectivity index (χ0n) is 16.9. The molecule has 6 heteroatoms. The molecule has 1 aliphatic heterocycles. The number of rotatable bonds is 6. The summed E-state index contributed by atoms with van der Waals surface area (Å²) in [7, 11) is 8.27. The number of guanidine groups is 1. The van der Waals surface area contributed by atoms with Gasteiger partial charge in [0.2, 0.25) is 0 Å². The molecule has 5 nitrogen and oxygen atoms in total. The van der Waals surface area contributed by atoms with Crippen LogP contribution in [0.5, 0.6) is 0 Å². The fourth-order valence-electron chi connectivity index (χ4n) is 3.39. The molecule has 0 aromatic heterocycles. The molecule has 0 amide bonds. The minimum atomic E-state index is 0. The summed E-state index contributed by atoms with van der Waals surface area (Å²) in [5.41, 5.74) is 2.81. The predicted molar refractivity (Wildman–Crippen MR) is 121 cm³/mol. The quantitative estimate of drug-likeness (QED) is 0.391. The average Bonchev–Trinajstić information content (AvgIpc) is 2.63. The maximum atomic E-state index is 5.56. The van der Waals surface area contributed by atoms with Crippen molar-refractivity contribution in [3.63, 3.8) is 0 Å².